The zero-order chi connectivity index (χ0) is 13.8. The molecular weight excluding hydrogens is 236 g/mol. The lowest BCUT2D eigenvalue weighted by Crippen LogP contribution is -2.16. The Hall–Kier alpha value is -1.74. The highest BCUT2D eigenvalue weighted by molar-refractivity contribution is 5.47. The van der Waals surface area contributed by atoms with E-state index in [1.165, 1.54) is 16.8 Å². The Balaban J connectivity index is 2.10. The van der Waals surface area contributed by atoms with Crippen LogP contribution in [0.5, 0.6) is 0 Å². The van der Waals surface area contributed by atoms with Gasteiger partial charge in [-0.1, -0.05) is 19.1 Å². The van der Waals surface area contributed by atoms with Crippen molar-refractivity contribution in [3.05, 3.63) is 53.0 Å². The zero-order valence-electron chi connectivity index (χ0n) is 11.9. The molecule has 1 aromatic carbocycles. The summed E-state index contributed by atoms with van der Waals surface area (Å²) in [7, 11) is 2.09. The molecule has 19 heavy (non-hydrogen) atoms. The van der Waals surface area contributed by atoms with Crippen molar-refractivity contribution in [1.82, 2.24) is 0 Å². The van der Waals surface area contributed by atoms with Gasteiger partial charge in [0.25, 0.3) is 0 Å². The van der Waals surface area contributed by atoms with Gasteiger partial charge in [0.15, 0.2) is 0 Å². The predicted molar refractivity (Wildman–Crippen MR) is 79.3 cm³/mol. The molecule has 2 N–H and O–H groups in total. The van der Waals surface area contributed by atoms with Crippen molar-refractivity contribution >= 4 is 5.69 Å². The number of nitrogens with zero attached hydrogens (tertiary/aromatic N) is 1. The Morgan fingerprint density at radius 3 is 2.42 bits per heavy atom. The molecule has 0 aliphatic rings. The number of nitrogens with two attached hydrogens (primary N) is 1. The van der Waals surface area contributed by atoms with E-state index in [-0.39, 0.29) is 0 Å². The van der Waals surface area contributed by atoms with Gasteiger partial charge in [0.2, 0.25) is 0 Å². The van der Waals surface area contributed by atoms with Gasteiger partial charge in [-0.3, -0.25) is 0 Å². The van der Waals surface area contributed by atoms with Crippen LogP contribution in [0.1, 0.15) is 29.6 Å². The van der Waals surface area contributed by atoms with Crippen LogP contribution in [0.3, 0.4) is 0 Å². The maximum Gasteiger partial charge on any atom is 0.118 e. The van der Waals surface area contributed by atoms with Crippen LogP contribution >= 0.6 is 0 Å². The van der Waals surface area contributed by atoms with Crippen LogP contribution in [0.15, 0.2) is 34.7 Å². The molecule has 1 heterocycles. The van der Waals surface area contributed by atoms with Crippen LogP contribution in [-0.4, -0.2) is 7.05 Å². The number of aryl methyl sites for hydroxylation is 2. The van der Waals surface area contributed by atoms with Crippen molar-refractivity contribution in [2.75, 3.05) is 11.9 Å². The number of rotatable bonds is 5. The van der Waals surface area contributed by atoms with E-state index in [4.69, 9.17) is 10.2 Å². The van der Waals surface area contributed by atoms with Crippen molar-refractivity contribution in [1.29, 1.82) is 0 Å². The first-order valence-electron chi connectivity index (χ1n) is 6.72. The van der Waals surface area contributed by atoms with E-state index >= 15 is 0 Å². The molecule has 0 fully saturated rings. The van der Waals surface area contributed by atoms with Crippen LogP contribution < -0.4 is 10.6 Å². The zero-order valence-corrected chi connectivity index (χ0v) is 11.9. The maximum absolute atomic E-state index is 5.60. The average Bonchev–Trinajstić information content (AvgIpc) is 2.79. The lowest BCUT2D eigenvalue weighted by Gasteiger charge is -2.19. The SMILES string of the molecule is CCc1ccc(N(C)Cc2cc(CN)oc2C)cc1. The first-order valence-corrected chi connectivity index (χ1v) is 6.72. The fraction of sp³-hybridized carbons (Fsp3) is 0.375. The Morgan fingerprint density at radius 1 is 1.21 bits per heavy atom. The van der Waals surface area contributed by atoms with Gasteiger partial charge < -0.3 is 15.1 Å². The Labute approximate surface area is 115 Å². The molecule has 0 amide bonds. The van der Waals surface area contributed by atoms with Gasteiger partial charge in [0.05, 0.1) is 6.54 Å². The second-order valence-corrected chi connectivity index (χ2v) is 4.87. The summed E-state index contributed by atoms with van der Waals surface area (Å²) in [6.45, 7) is 5.45. The number of furan rings is 1. The number of hydrogen-bond donors (Lipinski definition) is 1. The fourth-order valence-electron chi connectivity index (χ4n) is 2.18. The third-order valence-electron chi connectivity index (χ3n) is 3.47. The van der Waals surface area contributed by atoms with Gasteiger partial charge in [-0.05, 0) is 37.1 Å². The lowest BCUT2D eigenvalue weighted by molar-refractivity contribution is 0.482. The highest BCUT2D eigenvalue weighted by atomic mass is 16.3. The summed E-state index contributed by atoms with van der Waals surface area (Å²) in [6.07, 6.45) is 1.07. The van der Waals surface area contributed by atoms with E-state index in [0.29, 0.717) is 6.54 Å². The molecule has 3 nitrogen and oxygen atoms in total. The third-order valence-corrected chi connectivity index (χ3v) is 3.47. The second kappa shape index (κ2) is 5.93. The minimum atomic E-state index is 0.454. The summed E-state index contributed by atoms with van der Waals surface area (Å²) < 4.78 is 5.59. The molecule has 0 atom stereocenters. The molecule has 102 valence electrons. The van der Waals surface area contributed by atoms with Crippen molar-refractivity contribution in [2.24, 2.45) is 5.73 Å². The third kappa shape index (κ3) is 3.18. The summed E-state index contributed by atoms with van der Waals surface area (Å²) in [5, 5.41) is 0. The maximum atomic E-state index is 5.60. The van der Waals surface area contributed by atoms with Gasteiger partial charge in [0.1, 0.15) is 11.5 Å². The molecule has 0 spiro atoms. The summed E-state index contributed by atoms with van der Waals surface area (Å²) in [6, 6.07) is 10.7. The first-order chi connectivity index (χ1) is 9.13. The normalized spacial score (nSPS) is 10.7. The van der Waals surface area contributed by atoms with Gasteiger partial charge >= 0.3 is 0 Å². The fourth-order valence-corrected chi connectivity index (χ4v) is 2.18. The van der Waals surface area contributed by atoms with Crippen LogP contribution in [0, 0.1) is 6.92 Å². The highest BCUT2D eigenvalue weighted by Crippen LogP contribution is 2.20. The quantitative estimate of drug-likeness (QED) is 0.895. The molecule has 0 bridgehead atoms. The minimum Gasteiger partial charge on any atom is -0.465 e. The van der Waals surface area contributed by atoms with Crippen LogP contribution in [0.4, 0.5) is 5.69 Å². The Kier molecular flexibility index (Phi) is 4.27. The van der Waals surface area contributed by atoms with Crippen molar-refractivity contribution in [3.8, 4) is 0 Å². The smallest absolute Gasteiger partial charge is 0.118 e. The van der Waals surface area contributed by atoms with E-state index in [1.54, 1.807) is 0 Å². The van der Waals surface area contributed by atoms with Gasteiger partial charge in [-0.2, -0.15) is 0 Å². The Morgan fingerprint density at radius 2 is 1.89 bits per heavy atom. The molecule has 1 aromatic heterocycles. The molecule has 0 aliphatic heterocycles. The van der Waals surface area contributed by atoms with Crippen LogP contribution in [-0.2, 0) is 19.5 Å². The summed E-state index contributed by atoms with van der Waals surface area (Å²) in [5.74, 6) is 1.81. The molecule has 0 saturated carbocycles. The molecule has 0 aliphatic carbocycles. The van der Waals surface area contributed by atoms with Gasteiger partial charge in [-0.15, -0.1) is 0 Å². The molecule has 2 rings (SSSR count). The topological polar surface area (TPSA) is 42.4 Å². The van der Waals surface area contributed by atoms with E-state index in [2.05, 4.69) is 43.1 Å². The molecule has 0 radical (unpaired) electrons. The largest absolute Gasteiger partial charge is 0.465 e. The van der Waals surface area contributed by atoms with Crippen molar-refractivity contribution < 1.29 is 4.42 Å². The average molecular weight is 258 g/mol. The predicted octanol–water partition coefficient (Wildman–Crippen LogP) is 3.25. The van der Waals surface area contributed by atoms with Gasteiger partial charge in [0, 0.05) is 24.8 Å². The van der Waals surface area contributed by atoms with Crippen molar-refractivity contribution in [3.63, 3.8) is 0 Å². The van der Waals surface area contributed by atoms with Crippen LogP contribution in [0.25, 0.3) is 0 Å². The van der Waals surface area contributed by atoms with E-state index in [1.807, 2.05) is 13.0 Å². The second-order valence-electron chi connectivity index (χ2n) is 4.87. The number of benzene rings is 1. The Bertz CT molecular complexity index is 528. The molecule has 0 unspecified atom stereocenters. The molecule has 0 saturated heterocycles. The summed E-state index contributed by atoms with van der Waals surface area (Å²) >= 11 is 0. The summed E-state index contributed by atoms with van der Waals surface area (Å²) in [4.78, 5) is 2.22. The molecular formula is C16H22N2O. The standard InChI is InChI=1S/C16H22N2O/c1-4-13-5-7-15(8-6-13)18(3)11-14-9-16(10-17)19-12(14)2/h5-9H,4,10-11,17H2,1-3H3. The van der Waals surface area contributed by atoms with Gasteiger partial charge in [-0.25, -0.2) is 0 Å². The highest BCUT2D eigenvalue weighted by Gasteiger charge is 2.09. The van der Waals surface area contributed by atoms with Crippen LogP contribution in [0.2, 0.25) is 0 Å². The monoisotopic (exact) mass is 258 g/mol. The van der Waals surface area contributed by atoms with E-state index in [0.717, 1.165) is 24.5 Å². The number of hydrogen-bond acceptors (Lipinski definition) is 3. The van der Waals surface area contributed by atoms with E-state index < -0.39 is 0 Å². The molecule has 2 aromatic rings. The first kappa shape index (κ1) is 13.7. The summed E-state index contributed by atoms with van der Waals surface area (Å²) in [5.41, 5.74) is 9.37. The van der Waals surface area contributed by atoms with E-state index in [9.17, 15) is 0 Å². The minimum absolute atomic E-state index is 0.454. The number of anilines is 1. The van der Waals surface area contributed by atoms with Crippen molar-refractivity contribution in [2.45, 2.75) is 33.4 Å². The molecule has 3 heteroatoms. The lowest BCUT2D eigenvalue weighted by atomic mass is 10.1.